The van der Waals surface area contributed by atoms with Crippen molar-refractivity contribution in [1.82, 2.24) is 30.4 Å². The number of hydrogen-bond acceptors (Lipinski definition) is 7. The molecule has 3 rings (SSSR count). The van der Waals surface area contributed by atoms with Gasteiger partial charge in [0.1, 0.15) is 12.6 Å². The van der Waals surface area contributed by atoms with Gasteiger partial charge >= 0.3 is 0 Å². The van der Waals surface area contributed by atoms with Gasteiger partial charge in [0.2, 0.25) is 17.6 Å². The van der Waals surface area contributed by atoms with Crippen LogP contribution in [0.25, 0.3) is 11.4 Å². The molecule has 10 nitrogen and oxygen atoms in total. The molecule has 2 amide bonds. The fourth-order valence-electron chi connectivity index (χ4n) is 3.92. The highest BCUT2D eigenvalue weighted by atomic mass is 16.5. The summed E-state index contributed by atoms with van der Waals surface area (Å²) in [6, 6.07) is 14.3. The monoisotopic (exact) mass is 508 g/mol. The molecule has 0 fully saturated rings. The second kappa shape index (κ2) is 12.3. The zero-order valence-electron chi connectivity index (χ0n) is 22.4. The van der Waals surface area contributed by atoms with Crippen LogP contribution in [0, 0.1) is 0 Å². The number of hydrogen-bond donors (Lipinski definition) is 1. The minimum absolute atomic E-state index is 0.157. The smallest absolute Gasteiger partial charge is 0.247 e. The number of carbonyl (C=O) groups excluding carboxylic acids is 2. The number of rotatable bonds is 11. The van der Waals surface area contributed by atoms with Crippen molar-refractivity contribution >= 4 is 11.8 Å². The summed E-state index contributed by atoms with van der Waals surface area (Å²) in [6.45, 7) is 7.90. The molecule has 0 bridgehead atoms. The number of ether oxygens (including phenoxy) is 2. The fraction of sp³-hybridized carbons (Fsp3) is 0.444. The zero-order chi connectivity index (χ0) is 27.0. The number of methoxy groups -OCH3 is 2. The molecule has 1 aromatic heterocycles. The highest BCUT2D eigenvalue weighted by Gasteiger charge is 2.31. The number of aromatic nitrogens is 4. The molecule has 2 aromatic carbocycles. The maximum absolute atomic E-state index is 13.6. The Hall–Kier alpha value is -3.95. The third-order valence-electron chi connectivity index (χ3n) is 5.63. The number of nitrogens with zero attached hydrogens (tertiary/aromatic N) is 5. The molecular weight excluding hydrogens is 472 g/mol. The van der Waals surface area contributed by atoms with Crippen LogP contribution < -0.4 is 14.8 Å². The van der Waals surface area contributed by atoms with Gasteiger partial charge in [-0.25, -0.2) is 0 Å². The van der Waals surface area contributed by atoms with Gasteiger partial charge in [-0.1, -0.05) is 43.7 Å². The van der Waals surface area contributed by atoms with Gasteiger partial charge in [-0.2, -0.15) is 4.80 Å². The quantitative estimate of drug-likeness (QED) is 0.422. The molecule has 0 saturated carbocycles. The van der Waals surface area contributed by atoms with Crippen molar-refractivity contribution in [2.75, 3.05) is 14.2 Å². The van der Waals surface area contributed by atoms with E-state index >= 15 is 0 Å². The first-order valence-corrected chi connectivity index (χ1v) is 12.3. The van der Waals surface area contributed by atoms with Crippen LogP contribution in [0.15, 0.2) is 48.5 Å². The second-order valence-corrected chi connectivity index (χ2v) is 9.76. The van der Waals surface area contributed by atoms with Crippen LogP contribution in [0.3, 0.4) is 0 Å². The van der Waals surface area contributed by atoms with Gasteiger partial charge in [0.05, 0.1) is 14.2 Å². The third kappa shape index (κ3) is 7.52. The van der Waals surface area contributed by atoms with Crippen LogP contribution in [0.1, 0.15) is 46.1 Å². The van der Waals surface area contributed by atoms with E-state index in [2.05, 4.69) is 20.7 Å². The number of amides is 2. The molecule has 0 aliphatic carbocycles. The number of benzene rings is 2. The van der Waals surface area contributed by atoms with E-state index in [9.17, 15) is 9.59 Å². The van der Waals surface area contributed by atoms with Crippen molar-refractivity contribution in [2.45, 2.75) is 65.2 Å². The predicted octanol–water partition coefficient (Wildman–Crippen LogP) is 3.47. The number of carbonyl (C=O) groups is 2. The highest BCUT2D eigenvalue weighted by molar-refractivity contribution is 5.88. The topological polar surface area (TPSA) is 111 Å². The van der Waals surface area contributed by atoms with E-state index in [0.29, 0.717) is 35.9 Å². The van der Waals surface area contributed by atoms with Crippen molar-refractivity contribution in [2.24, 2.45) is 0 Å². The minimum Gasteiger partial charge on any atom is -0.493 e. The molecule has 0 saturated heterocycles. The average molecular weight is 509 g/mol. The molecule has 0 aliphatic heterocycles. The Morgan fingerprint density at radius 3 is 2.38 bits per heavy atom. The minimum atomic E-state index is -0.634. The predicted molar refractivity (Wildman–Crippen MR) is 140 cm³/mol. The Labute approximate surface area is 217 Å². The molecule has 3 aromatic rings. The van der Waals surface area contributed by atoms with E-state index in [-0.39, 0.29) is 18.4 Å². The lowest BCUT2D eigenvalue weighted by molar-refractivity contribution is -0.143. The molecule has 198 valence electrons. The first-order chi connectivity index (χ1) is 17.6. The van der Waals surface area contributed by atoms with Crippen LogP contribution in [-0.4, -0.2) is 62.7 Å². The van der Waals surface area contributed by atoms with Gasteiger partial charge < -0.3 is 19.7 Å². The summed E-state index contributed by atoms with van der Waals surface area (Å²) in [4.78, 5) is 29.7. The molecule has 37 heavy (non-hydrogen) atoms. The molecule has 0 radical (unpaired) electrons. The van der Waals surface area contributed by atoms with Gasteiger partial charge in [0.15, 0.2) is 11.5 Å². The van der Waals surface area contributed by atoms with Crippen molar-refractivity contribution in [3.05, 3.63) is 54.1 Å². The Bertz CT molecular complexity index is 1190. The van der Waals surface area contributed by atoms with E-state index in [1.54, 1.807) is 37.3 Å². The summed E-state index contributed by atoms with van der Waals surface area (Å²) in [5.74, 6) is 1.01. The largest absolute Gasteiger partial charge is 0.493 e. The van der Waals surface area contributed by atoms with Crippen LogP contribution in [-0.2, 0) is 22.7 Å². The lowest BCUT2D eigenvalue weighted by atomic mass is 10.0. The maximum atomic E-state index is 13.6. The lowest BCUT2D eigenvalue weighted by Crippen LogP contribution is -2.54. The highest BCUT2D eigenvalue weighted by Crippen LogP contribution is 2.30. The number of tetrazole rings is 1. The first kappa shape index (κ1) is 27.6. The summed E-state index contributed by atoms with van der Waals surface area (Å²) in [5.41, 5.74) is 1.18. The van der Waals surface area contributed by atoms with Crippen molar-refractivity contribution in [3.63, 3.8) is 0 Å². The summed E-state index contributed by atoms with van der Waals surface area (Å²) in [6.07, 6.45) is 1.27. The van der Waals surface area contributed by atoms with Crippen molar-refractivity contribution in [3.8, 4) is 22.9 Å². The summed E-state index contributed by atoms with van der Waals surface area (Å²) in [7, 11) is 3.11. The molecular formula is C27H36N6O4. The van der Waals surface area contributed by atoms with E-state index in [4.69, 9.17) is 9.47 Å². The summed E-state index contributed by atoms with van der Waals surface area (Å²) < 4.78 is 10.6. The lowest BCUT2D eigenvalue weighted by Gasteiger charge is -2.33. The SMILES string of the molecule is CCC[C@H](C(=O)NC(C)(C)C)N(Cc1ccccc1)C(=O)Cn1nnc(-c2ccc(OC)c(OC)c2)n1. The van der Waals surface area contributed by atoms with Gasteiger partial charge in [-0.05, 0) is 56.2 Å². The van der Waals surface area contributed by atoms with Crippen LogP contribution in [0.2, 0.25) is 0 Å². The Kier molecular flexibility index (Phi) is 9.21. The summed E-state index contributed by atoms with van der Waals surface area (Å²) >= 11 is 0. The van der Waals surface area contributed by atoms with Gasteiger partial charge in [0.25, 0.3) is 0 Å². The third-order valence-corrected chi connectivity index (χ3v) is 5.63. The standard InChI is InChI=1S/C27H36N6O4/c1-7-11-21(26(35)28-27(2,3)4)32(17-19-12-9-8-10-13-19)24(34)18-33-30-25(29-31-33)20-14-15-22(36-5)23(16-20)37-6/h8-10,12-16,21H,7,11,17-18H2,1-6H3,(H,28,35)/t21-/m1/s1. The first-order valence-electron chi connectivity index (χ1n) is 12.3. The van der Waals surface area contributed by atoms with Crippen molar-refractivity contribution in [1.29, 1.82) is 0 Å². The van der Waals surface area contributed by atoms with Crippen LogP contribution >= 0.6 is 0 Å². The molecule has 1 heterocycles. The molecule has 0 spiro atoms. The molecule has 1 atom stereocenters. The second-order valence-electron chi connectivity index (χ2n) is 9.76. The maximum Gasteiger partial charge on any atom is 0.247 e. The Morgan fingerprint density at radius 2 is 1.76 bits per heavy atom. The fourth-order valence-corrected chi connectivity index (χ4v) is 3.92. The molecule has 0 aliphatic rings. The summed E-state index contributed by atoms with van der Waals surface area (Å²) in [5, 5.41) is 15.6. The Morgan fingerprint density at radius 1 is 1.05 bits per heavy atom. The normalized spacial score (nSPS) is 12.1. The van der Waals surface area contributed by atoms with E-state index in [1.807, 2.05) is 58.0 Å². The van der Waals surface area contributed by atoms with E-state index in [0.717, 1.165) is 12.0 Å². The molecule has 0 unspecified atom stereocenters. The van der Waals surface area contributed by atoms with Gasteiger partial charge in [-0.3, -0.25) is 9.59 Å². The molecule has 1 N–H and O–H groups in total. The average Bonchev–Trinajstić information content (AvgIpc) is 3.33. The molecule has 10 heteroatoms. The Balaban J connectivity index is 1.86. The van der Waals surface area contributed by atoms with E-state index < -0.39 is 11.6 Å². The van der Waals surface area contributed by atoms with Crippen molar-refractivity contribution < 1.29 is 19.1 Å². The van der Waals surface area contributed by atoms with Crippen LogP contribution in [0.4, 0.5) is 0 Å². The van der Waals surface area contributed by atoms with Crippen LogP contribution in [0.5, 0.6) is 11.5 Å². The zero-order valence-corrected chi connectivity index (χ0v) is 22.4. The van der Waals surface area contributed by atoms with Gasteiger partial charge in [-0.15, -0.1) is 10.2 Å². The number of nitrogens with one attached hydrogen (secondary N) is 1. The van der Waals surface area contributed by atoms with Gasteiger partial charge in [0, 0.05) is 17.6 Å². The van der Waals surface area contributed by atoms with E-state index in [1.165, 1.54) is 4.80 Å².